The molecule has 0 saturated carbocycles. The second-order valence-corrected chi connectivity index (χ2v) is 8.15. The number of hydrogen-bond acceptors (Lipinski definition) is 4. The van der Waals surface area contributed by atoms with Crippen LogP contribution in [0.25, 0.3) is 0 Å². The van der Waals surface area contributed by atoms with Crippen LogP contribution >= 0.6 is 0 Å². The predicted molar refractivity (Wildman–Crippen MR) is 118 cm³/mol. The van der Waals surface area contributed by atoms with E-state index in [1.165, 1.54) is 42.6 Å². The Hall–Kier alpha value is -2.21. The van der Waals surface area contributed by atoms with Crippen LogP contribution in [-0.4, -0.2) is 70.0 Å². The van der Waals surface area contributed by atoms with E-state index in [9.17, 15) is 4.79 Å². The Labute approximate surface area is 174 Å². The SMILES string of the molecule is O=C(NCCC1=CCCCC1)N1CCN(c2ccccc2N2CCOCC2)CC1. The Morgan fingerprint density at radius 2 is 1.62 bits per heavy atom. The molecular formula is C23H34N4O2. The number of rotatable bonds is 5. The minimum atomic E-state index is 0.0857. The van der Waals surface area contributed by atoms with Gasteiger partial charge in [-0.1, -0.05) is 23.8 Å². The number of amides is 2. The number of morpholine rings is 1. The van der Waals surface area contributed by atoms with E-state index in [0.717, 1.165) is 65.4 Å². The van der Waals surface area contributed by atoms with E-state index >= 15 is 0 Å². The standard InChI is InChI=1S/C23H34N4O2/c28-23(24-11-10-20-6-2-1-3-7-20)27-14-12-25(13-15-27)21-8-4-5-9-22(21)26-16-18-29-19-17-26/h4-6,8-9H,1-3,7,10-19H2,(H,24,28). The van der Waals surface area contributed by atoms with Crippen LogP contribution in [0.1, 0.15) is 32.1 Å². The van der Waals surface area contributed by atoms with Crippen LogP contribution in [0.4, 0.5) is 16.2 Å². The van der Waals surface area contributed by atoms with Crippen LogP contribution in [0.2, 0.25) is 0 Å². The first-order valence-corrected chi connectivity index (χ1v) is 11.2. The number of piperazine rings is 1. The maximum atomic E-state index is 12.6. The topological polar surface area (TPSA) is 48.1 Å². The van der Waals surface area contributed by atoms with Gasteiger partial charge in [0, 0.05) is 45.8 Å². The van der Waals surface area contributed by atoms with Crippen LogP contribution in [0.5, 0.6) is 0 Å². The van der Waals surface area contributed by atoms with E-state index in [1.807, 2.05) is 4.90 Å². The number of nitrogens with zero attached hydrogens (tertiary/aromatic N) is 3. The number of carbonyl (C=O) groups is 1. The molecule has 158 valence electrons. The minimum Gasteiger partial charge on any atom is -0.378 e. The molecule has 1 N–H and O–H groups in total. The Morgan fingerprint density at radius 3 is 2.28 bits per heavy atom. The molecule has 1 aliphatic carbocycles. The van der Waals surface area contributed by atoms with E-state index in [2.05, 4.69) is 45.5 Å². The summed E-state index contributed by atoms with van der Waals surface area (Å²) >= 11 is 0. The maximum absolute atomic E-state index is 12.6. The van der Waals surface area contributed by atoms with Gasteiger partial charge in [-0.2, -0.15) is 0 Å². The monoisotopic (exact) mass is 398 g/mol. The first kappa shape index (κ1) is 20.1. The van der Waals surface area contributed by atoms with Gasteiger partial charge in [-0.3, -0.25) is 0 Å². The zero-order valence-corrected chi connectivity index (χ0v) is 17.4. The van der Waals surface area contributed by atoms with Crippen molar-refractivity contribution in [3.63, 3.8) is 0 Å². The molecule has 4 rings (SSSR count). The fraction of sp³-hybridized carbons (Fsp3) is 0.609. The highest BCUT2D eigenvalue weighted by Crippen LogP contribution is 2.30. The van der Waals surface area contributed by atoms with Gasteiger partial charge in [-0.25, -0.2) is 4.79 Å². The highest BCUT2D eigenvalue weighted by atomic mass is 16.5. The molecule has 0 spiro atoms. The number of para-hydroxylation sites is 2. The van der Waals surface area contributed by atoms with Crippen LogP contribution < -0.4 is 15.1 Å². The molecular weight excluding hydrogens is 364 g/mol. The van der Waals surface area contributed by atoms with Crippen LogP contribution in [-0.2, 0) is 4.74 Å². The van der Waals surface area contributed by atoms with E-state index in [0.29, 0.717) is 0 Å². The lowest BCUT2D eigenvalue weighted by Gasteiger charge is -2.39. The fourth-order valence-corrected chi connectivity index (χ4v) is 4.53. The fourth-order valence-electron chi connectivity index (χ4n) is 4.53. The Balaban J connectivity index is 1.27. The third-order valence-corrected chi connectivity index (χ3v) is 6.25. The largest absolute Gasteiger partial charge is 0.378 e. The molecule has 6 heteroatoms. The summed E-state index contributed by atoms with van der Waals surface area (Å²) in [6, 6.07) is 8.72. The van der Waals surface area contributed by atoms with Crippen molar-refractivity contribution in [2.24, 2.45) is 0 Å². The molecule has 2 fully saturated rings. The van der Waals surface area contributed by atoms with Gasteiger partial charge in [0.1, 0.15) is 0 Å². The number of benzene rings is 1. The number of allylic oxidation sites excluding steroid dienone is 1. The molecule has 2 heterocycles. The second kappa shape index (κ2) is 10.0. The highest BCUT2D eigenvalue weighted by Gasteiger charge is 2.24. The van der Waals surface area contributed by atoms with Crippen LogP contribution in [0, 0.1) is 0 Å². The zero-order valence-electron chi connectivity index (χ0n) is 17.4. The van der Waals surface area contributed by atoms with Crippen molar-refractivity contribution in [2.75, 3.05) is 68.8 Å². The molecule has 0 aromatic heterocycles. The quantitative estimate of drug-likeness (QED) is 0.774. The summed E-state index contributed by atoms with van der Waals surface area (Å²) in [4.78, 5) is 19.3. The Morgan fingerprint density at radius 1 is 0.931 bits per heavy atom. The molecule has 0 unspecified atom stereocenters. The average molecular weight is 399 g/mol. The molecule has 29 heavy (non-hydrogen) atoms. The van der Waals surface area contributed by atoms with Crippen LogP contribution in [0.15, 0.2) is 35.9 Å². The van der Waals surface area contributed by atoms with Gasteiger partial charge in [0.25, 0.3) is 0 Å². The lowest BCUT2D eigenvalue weighted by atomic mass is 9.97. The zero-order chi connectivity index (χ0) is 19.9. The molecule has 2 aliphatic heterocycles. The number of ether oxygens (including phenoxy) is 1. The lowest BCUT2D eigenvalue weighted by Crippen LogP contribution is -2.52. The summed E-state index contributed by atoms with van der Waals surface area (Å²) in [6.07, 6.45) is 8.38. The number of carbonyl (C=O) groups excluding carboxylic acids is 1. The van der Waals surface area contributed by atoms with E-state index in [-0.39, 0.29) is 6.03 Å². The van der Waals surface area contributed by atoms with Crippen molar-refractivity contribution in [2.45, 2.75) is 32.1 Å². The predicted octanol–water partition coefficient (Wildman–Crippen LogP) is 3.25. The van der Waals surface area contributed by atoms with Crippen LogP contribution in [0.3, 0.4) is 0 Å². The molecule has 2 amide bonds. The Bertz CT molecular complexity index is 707. The van der Waals surface area contributed by atoms with Gasteiger partial charge in [0.15, 0.2) is 0 Å². The van der Waals surface area contributed by atoms with Crippen molar-refractivity contribution in [3.8, 4) is 0 Å². The smallest absolute Gasteiger partial charge is 0.317 e. The number of nitrogens with one attached hydrogen (secondary N) is 1. The van der Waals surface area contributed by atoms with E-state index in [4.69, 9.17) is 4.74 Å². The van der Waals surface area contributed by atoms with Gasteiger partial charge in [0.2, 0.25) is 0 Å². The second-order valence-electron chi connectivity index (χ2n) is 8.15. The normalized spacial score (nSPS) is 20.4. The van der Waals surface area contributed by atoms with Crippen molar-refractivity contribution in [1.82, 2.24) is 10.2 Å². The summed E-state index contributed by atoms with van der Waals surface area (Å²) in [5.41, 5.74) is 4.08. The summed E-state index contributed by atoms with van der Waals surface area (Å²) in [6.45, 7) is 7.51. The van der Waals surface area contributed by atoms with Gasteiger partial charge < -0.3 is 24.8 Å². The van der Waals surface area contributed by atoms with E-state index in [1.54, 1.807) is 0 Å². The Kier molecular flexibility index (Phi) is 6.93. The summed E-state index contributed by atoms with van der Waals surface area (Å²) < 4.78 is 5.51. The van der Waals surface area contributed by atoms with Crippen molar-refractivity contribution < 1.29 is 9.53 Å². The van der Waals surface area contributed by atoms with Gasteiger partial charge in [-0.15, -0.1) is 0 Å². The van der Waals surface area contributed by atoms with Gasteiger partial charge in [0.05, 0.1) is 24.6 Å². The molecule has 2 saturated heterocycles. The molecule has 6 nitrogen and oxygen atoms in total. The molecule has 3 aliphatic rings. The molecule has 0 radical (unpaired) electrons. The molecule has 0 bridgehead atoms. The van der Waals surface area contributed by atoms with E-state index < -0.39 is 0 Å². The highest BCUT2D eigenvalue weighted by molar-refractivity contribution is 5.75. The van der Waals surface area contributed by atoms with Crippen molar-refractivity contribution in [3.05, 3.63) is 35.9 Å². The average Bonchev–Trinajstić information content (AvgIpc) is 2.80. The summed E-state index contributed by atoms with van der Waals surface area (Å²) in [7, 11) is 0. The third kappa shape index (κ3) is 5.24. The number of hydrogen-bond donors (Lipinski definition) is 1. The van der Waals surface area contributed by atoms with Crippen molar-refractivity contribution >= 4 is 17.4 Å². The van der Waals surface area contributed by atoms with Crippen molar-refractivity contribution in [1.29, 1.82) is 0 Å². The molecule has 1 aromatic carbocycles. The van der Waals surface area contributed by atoms with Gasteiger partial charge >= 0.3 is 6.03 Å². The minimum absolute atomic E-state index is 0.0857. The maximum Gasteiger partial charge on any atom is 0.317 e. The molecule has 1 aromatic rings. The lowest BCUT2D eigenvalue weighted by molar-refractivity contribution is 0.122. The summed E-state index contributed by atoms with van der Waals surface area (Å²) in [5.74, 6) is 0. The molecule has 0 atom stereocenters. The number of anilines is 2. The first-order chi connectivity index (χ1) is 14.3. The summed E-state index contributed by atoms with van der Waals surface area (Å²) in [5, 5.41) is 3.12. The first-order valence-electron chi connectivity index (χ1n) is 11.2. The van der Waals surface area contributed by atoms with Gasteiger partial charge in [-0.05, 0) is 44.2 Å². The number of urea groups is 1. The third-order valence-electron chi connectivity index (χ3n) is 6.25.